The average Bonchev–Trinajstić information content (AvgIpc) is 3.02. The first-order valence-electron chi connectivity index (χ1n) is 8.28. The Morgan fingerprint density at radius 1 is 1.25 bits per heavy atom. The molecule has 2 N–H and O–H groups in total. The molecule has 0 aliphatic heterocycles. The Labute approximate surface area is 144 Å². The van der Waals surface area contributed by atoms with E-state index in [0.29, 0.717) is 6.54 Å². The standard InChI is InChI=1S/C18H27N5O/c1-15-20-11-13-23(15)12-7-6-10-21-18(19-2)22-14-16-8-4-5-9-17(16)24-3/h4-5,8-9,11,13H,6-7,10,12,14H2,1-3H3,(H2,19,21,22). The molecule has 0 aliphatic carbocycles. The molecule has 2 rings (SSSR count). The topological polar surface area (TPSA) is 63.5 Å². The number of nitrogens with one attached hydrogen (secondary N) is 2. The maximum absolute atomic E-state index is 5.36. The molecule has 0 saturated heterocycles. The lowest BCUT2D eigenvalue weighted by Crippen LogP contribution is -2.37. The van der Waals surface area contributed by atoms with Gasteiger partial charge in [0.15, 0.2) is 5.96 Å². The Balaban J connectivity index is 1.68. The number of ether oxygens (including phenoxy) is 1. The summed E-state index contributed by atoms with van der Waals surface area (Å²) < 4.78 is 7.54. The van der Waals surface area contributed by atoms with Crippen LogP contribution in [0.15, 0.2) is 41.7 Å². The van der Waals surface area contributed by atoms with Crippen molar-refractivity contribution in [3.63, 3.8) is 0 Å². The van der Waals surface area contributed by atoms with Gasteiger partial charge in [0.2, 0.25) is 0 Å². The van der Waals surface area contributed by atoms with Crippen LogP contribution in [0.1, 0.15) is 24.2 Å². The third kappa shape index (κ3) is 5.30. The summed E-state index contributed by atoms with van der Waals surface area (Å²) in [4.78, 5) is 8.49. The molecule has 0 fully saturated rings. The maximum Gasteiger partial charge on any atom is 0.191 e. The van der Waals surface area contributed by atoms with E-state index in [4.69, 9.17) is 4.74 Å². The number of para-hydroxylation sites is 1. The van der Waals surface area contributed by atoms with Crippen LogP contribution in [0.2, 0.25) is 0 Å². The van der Waals surface area contributed by atoms with Crippen molar-refractivity contribution in [2.45, 2.75) is 32.9 Å². The molecule has 1 heterocycles. The Morgan fingerprint density at radius 3 is 2.79 bits per heavy atom. The van der Waals surface area contributed by atoms with Gasteiger partial charge in [-0.05, 0) is 25.8 Å². The number of methoxy groups -OCH3 is 1. The lowest BCUT2D eigenvalue weighted by atomic mass is 10.2. The van der Waals surface area contributed by atoms with Gasteiger partial charge < -0.3 is 19.9 Å². The molecule has 6 heteroatoms. The SMILES string of the molecule is CN=C(NCCCCn1ccnc1C)NCc1ccccc1OC. The molecular weight excluding hydrogens is 302 g/mol. The number of guanidine groups is 1. The van der Waals surface area contributed by atoms with E-state index in [1.807, 2.05) is 43.6 Å². The largest absolute Gasteiger partial charge is 0.496 e. The van der Waals surface area contributed by atoms with Crippen molar-refractivity contribution in [3.05, 3.63) is 48.0 Å². The van der Waals surface area contributed by atoms with Crippen LogP contribution in [0.5, 0.6) is 5.75 Å². The third-order valence-electron chi connectivity index (χ3n) is 3.90. The second kappa shape index (κ2) is 9.60. The Hall–Kier alpha value is -2.50. The first kappa shape index (κ1) is 17.8. The summed E-state index contributed by atoms with van der Waals surface area (Å²) >= 11 is 0. The second-order valence-electron chi connectivity index (χ2n) is 5.54. The minimum absolute atomic E-state index is 0.678. The molecule has 0 saturated carbocycles. The zero-order valence-corrected chi connectivity index (χ0v) is 14.7. The molecule has 24 heavy (non-hydrogen) atoms. The predicted octanol–water partition coefficient (Wildman–Crippen LogP) is 2.35. The van der Waals surface area contributed by atoms with Crippen molar-refractivity contribution in [1.29, 1.82) is 0 Å². The number of benzene rings is 1. The summed E-state index contributed by atoms with van der Waals surface area (Å²) in [5.41, 5.74) is 1.11. The minimum Gasteiger partial charge on any atom is -0.496 e. The van der Waals surface area contributed by atoms with Gasteiger partial charge >= 0.3 is 0 Å². The summed E-state index contributed by atoms with van der Waals surface area (Å²) in [7, 11) is 3.47. The molecule has 0 unspecified atom stereocenters. The fraction of sp³-hybridized carbons (Fsp3) is 0.444. The van der Waals surface area contributed by atoms with Gasteiger partial charge in [-0.25, -0.2) is 4.98 Å². The quantitative estimate of drug-likeness (QED) is 0.443. The molecule has 6 nitrogen and oxygen atoms in total. The molecule has 2 aromatic rings. The lowest BCUT2D eigenvalue weighted by Gasteiger charge is -2.13. The zero-order chi connectivity index (χ0) is 17.2. The van der Waals surface area contributed by atoms with Crippen molar-refractivity contribution in [1.82, 2.24) is 20.2 Å². The van der Waals surface area contributed by atoms with Gasteiger partial charge in [0, 0.05) is 44.6 Å². The molecular formula is C18H27N5O. The van der Waals surface area contributed by atoms with Crippen LogP contribution in [0.3, 0.4) is 0 Å². The number of rotatable bonds is 8. The van der Waals surface area contributed by atoms with Crippen molar-refractivity contribution in [2.24, 2.45) is 4.99 Å². The van der Waals surface area contributed by atoms with E-state index in [9.17, 15) is 0 Å². The first-order valence-corrected chi connectivity index (χ1v) is 8.28. The highest BCUT2D eigenvalue weighted by Crippen LogP contribution is 2.16. The Kier molecular flexibility index (Phi) is 7.14. The van der Waals surface area contributed by atoms with Gasteiger partial charge in [0.25, 0.3) is 0 Å². The number of nitrogens with zero attached hydrogens (tertiary/aromatic N) is 3. The van der Waals surface area contributed by atoms with Gasteiger partial charge in [-0.15, -0.1) is 0 Å². The zero-order valence-electron chi connectivity index (χ0n) is 14.7. The molecule has 0 bridgehead atoms. The average molecular weight is 329 g/mol. The van der Waals surface area contributed by atoms with Crippen LogP contribution in [-0.4, -0.2) is 36.2 Å². The van der Waals surface area contributed by atoms with Crippen molar-refractivity contribution in [3.8, 4) is 5.75 Å². The van der Waals surface area contributed by atoms with Crippen molar-refractivity contribution in [2.75, 3.05) is 20.7 Å². The Bertz CT molecular complexity index is 650. The number of unbranched alkanes of at least 4 members (excludes halogenated alkanes) is 1. The molecule has 0 amide bonds. The molecule has 130 valence electrons. The molecule has 1 aromatic carbocycles. The predicted molar refractivity (Wildman–Crippen MR) is 97.4 cm³/mol. The van der Waals surface area contributed by atoms with Crippen LogP contribution in [0.4, 0.5) is 0 Å². The highest BCUT2D eigenvalue weighted by atomic mass is 16.5. The molecule has 1 aromatic heterocycles. The normalized spacial score (nSPS) is 11.4. The van der Waals surface area contributed by atoms with E-state index in [1.54, 1.807) is 14.2 Å². The van der Waals surface area contributed by atoms with Gasteiger partial charge in [0.05, 0.1) is 7.11 Å². The van der Waals surface area contributed by atoms with Gasteiger partial charge in [-0.1, -0.05) is 18.2 Å². The summed E-state index contributed by atoms with van der Waals surface area (Å²) in [6.07, 6.45) is 6.05. The van der Waals surface area contributed by atoms with E-state index in [1.165, 1.54) is 0 Å². The fourth-order valence-electron chi connectivity index (χ4n) is 2.50. The van der Waals surface area contributed by atoms with E-state index in [-0.39, 0.29) is 0 Å². The first-order chi connectivity index (χ1) is 11.7. The molecule has 0 spiro atoms. The highest BCUT2D eigenvalue weighted by Gasteiger charge is 2.03. The maximum atomic E-state index is 5.36. The molecule has 0 atom stereocenters. The number of aromatic nitrogens is 2. The number of hydrogen-bond acceptors (Lipinski definition) is 3. The summed E-state index contributed by atoms with van der Waals surface area (Å²) in [6.45, 7) is 4.60. The van der Waals surface area contributed by atoms with Crippen LogP contribution in [0, 0.1) is 6.92 Å². The Morgan fingerprint density at radius 2 is 2.08 bits per heavy atom. The van der Waals surface area contributed by atoms with Crippen molar-refractivity contribution >= 4 is 5.96 Å². The summed E-state index contributed by atoms with van der Waals surface area (Å²) in [5, 5.41) is 6.66. The van der Waals surface area contributed by atoms with Crippen LogP contribution in [-0.2, 0) is 13.1 Å². The summed E-state index contributed by atoms with van der Waals surface area (Å²) in [5.74, 6) is 2.76. The minimum atomic E-state index is 0.678. The number of imidazole rings is 1. The lowest BCUT2D eigenvalue weighted by molar-refractivity contribution is 0.409. The highest BCUT2D eigenvalue weighted by molar-refractivity contribution is 5.79. The van der Waals surface area contributed by atoms with Gasteiger partial charge in [-0.2, -0.15) is 0 Å². The van der Waals surface area contributed by atoms with Crippen LogP contribution in [0.25, 0.3) is 0 Å². The number of aryl methyl sites for hydroxylation is 2. The van der Waals surface area contributed by atoms with E-state index in [0.717, 1.165) is 49.0 Å². The van der Waals surface area contributed by atoms with Gasteiger partial charge in [-0.3, -0.25) is 4.99 Å². The van der Waals surface area contributed by atoms with Crippen molar-refractivity contribution < 1.29 is 4.74 Å². The second-order valence-corrected chi connectivity index (χ2v) is 5.54. The molecule has 0 radical (unpaired) electrons. The monoisotopic (exact) mass is 329 g/mol. The number of aliphatic imine (C=N–C) groups is 1. The van der Waals surface area contributed by atoms with E-state index >= 15 is 0 Å². The third-order valence-corrected chi connectivity index (χ3v) is 3.90. The van der Waals surface area contributed by atoms with E-state index < -0.39 is 0 Å². The number of hydrogen-bond donors (Lipinski definition) is 2. The van der Waals surface area contributed by atoms with E-state index in [2.05, 4.69) is 25.2 Å². The summed E-state index contributed by atoms with van der Waals surface area (Å²) in [6, 6.07) is 7.99. The smallest absolute Gasteiger partial charge is 0.191 e. The molecule has 0 aliphatic rings. The van der Waals surface area contributed by atoms with Gasteiger partial charge in [0.1, 0.15) is 11.6 Å². The van der Waals surface area contributed by atoms with Crippen LogP contribution < -0.4 is 15.4 Å². The fourth-order valence-corrected chi connectivity index (χ4v) is 2.50. The van der Waals surface area contributed by atoms with Crippen LogP contribution >= 0.6 is 0 Å².